The van der Waals surface area contributed by atoms with Crippen LogP contribution in [0.3, 0.4) is 0 Å². The van der Waals surface area contributed by atoms with Crippen LogP contribution in [0.25, 0.3) is 6.08 Å². The van der Waals surface area contributed by atoms with E-state index in [0.717, 1.165) is 43.0 Å². The lowest BCUT2D eigenvalue weighted by atomic mass is 10.0. The smallest absolute Gasteiger partial charge is 0.126 e. The van der Waals surface area contributed by atoms with Gasteiger partial charge < -0.3 is 19.4 Å². The number of rotatable bonds is 6. The number of hydrogen-bond donors (Lipinski definition) is 1. The van der Waals surface area contributed by atoms with Gasteiger partial charge in [0.25, 0.3) is 0 Å². The molecule has 3 rings (SSSR count). The topological polar surface area (TPSA) is 48.3 Å². The number of methoxy groups -OCH3 is 1. The van der Waals surface area contributed by atoms with E-state index in [4.69, 9.17) is 9.47 Å². The highest BCUT2D eigenvalue weighted by Crippen LogP contribution is 2.27. The third-order valence-corrected chi connectivity index (χ3v) is 4.43. The van der Waals surface area contributed by atoms with Gasteiger partial charge in [0.1, 0.15) is 11.9 Å². The Labute approximate surface area is 143 Å². The molecule has 1 aliphatic heterocycles. The van der Waals surface area contributed by atoms with Crippen molar-refractivity contribution in [1.29, 1.82) is 0 Å². The Balaban J connectivity index is 1.51. The third kappa shape index (κ3) is 4.04. The van der Waals surface area contributed by atoms with Gasteiger partial charge in [0.15, 0.2) is 0 Å². The minimum atomic E-state index is 0.127. The molecule has 5 heteroatoms. The Hall–Kier alpha value is -2.11. The third-order valence-electron chi connectivity index (χ3n) is 4.43. The predicted molar refractivity (Wildman–Crippen MR) is 95.0 cm³/mol. The number of aromatic nitrogens is 2. The lowest BCUT2D eigenvalue weighted by Crippen LogP contribution is -2.36. The fraction of sp³-hybridized carbons (Fsp3) is 0.421. The second-order valence-corrected chi connectivity index (χ2v) is 6.06. The molecule has 0 radical (unpaired) electrons. The second kappa shape index (κ2) is 8.13. The average Bonchev–Trinajstić information content (AvgIpc) is 3.05. The van der Waals surface area contributed by atoms with Crippen LogP contribution in [-0.2, 0) is 11.8 Å². The Morgan fingerprint density at radius 1 is 1.42 bits per heavy atom. The van der Waals surface area contributed by atoms with Gasteiger partial charge in [-0.15, -0.1) is 0 Å². The maximum Gasteiger partial charge on any atom is 0.126 e. The molecule has 2 heterocycles. The van der Waals surface area contributed by atoms with Crippen molar-refractivity contribution in [2.75, 3.05) is 20.3 Å². The number of aryl methyl sites for hydroxylation is 1. The van der Waals surface area contributed by atoms with Crippen molar-refractivity contribution in [3.63, 3.8) is 0 Å². The minimum absolute atomic E-state index is 0.127. The zero-order chi connectivity index (χ0) is 16.8. The quantitative estimate of drug-likeness (QED) is 0.886. The number of nitrogens with zero attached hydrogens (tertiary/aromatic N) is 2. The average molecular weight is 327 g/mol. The molecule has 2 aromatic rings. The molecule has 24 heavy (non-hydrogen) atoms. The standard InChI is InChI=1S/C19H25N3O2/c1-22-14-20-13-17(22)19-12-16(9-11-24-19)21-10-5-7-15-6-3-4-8-18(15)23-2/h3-8,13-14,16,19,21H,9-12H2,1-2H3. The molecule has 1 fully saturated rings. The summed E-state index contributed by atoms with van der Waals surface area (Å²) in [5.41, 5.74) is 2.24. The van der Waals surface area contributed by atoms with Crippen molar-refractivity contribution in [3.05, 3.63) is 54.1 Å². The molecule has 1 aromatic carbocycles. The van der Waals surface area contributed by atoms with Gasteiger partial charge in [-0.1, -0.05) is 30.4 Å². The van der Waals surface area contributed by atoms with Gasteiger partial charge in [0.2, 0.25) is 0 Å². The molecule has 0 amide bonds. The van der Waals surface area contributed by atoms with Crippen LogP contribution in [0.5, 0.6) is 5.75 Å². The highest BCUT2D eigenvalue weighted by Gasteiger charge is 2.25. The highest BCUT2D eigenvalue weighted by molar-refractivity contribution is 5.57. The van der Waals surface area contributed by atoms with E-state index in [-0.39, 0.29) is 6.10 Å². The van der Waals surface area contributed by atoms with Crippen LogP contribution >= 0.6 is 0 Å². The molecule has 1 aromatic heterocycles. The first-order valence-electron chi connectivity index (χ1n) is 8.38. The van der Waals surface area contributed by atoms with Gasteiger partial charge in [-0.3, -0.25) is 0 Å². The lowest BCUT2D eigenvalue weighted by molar-refractivity contribution is -0.00314. The fourth-order valence-electron chi connectivity index (χ4n) is 3.09. The van der Waals surface area contributed by atoms with Crippen molar-refractivity contribution >= 4 is 6.08 Å². The number of benzene rings is 1. The molecule has 0 saturated carbocycles. The summed E-state index contributed by atoms with van der Waals surface area (Å²) in [6, 6.07) is 8.49. The summed E-state index contributed by atoms with van der Waals surface area (Å²) in [4.78, 5) is 4.19. The minimum Gasteiger partial charge on any atom is -0.496 e. The van der Waals surface area contributed by atoms with E-state index in [0.29, 0.717) is 6.04 Å². The molecular formula is C19H25N3O2. The molecule has 0 spiro atoms. The molecule has 2 atom stereocenters. The van der Waals surface area contributed by atoms with Gasteiger partial charge in [-0.2, -0.15) is 0 Å². The van der Waals surface area contributed by atoms with Crippen molar-refractivity contribution in [3.8, 4) is 5.75 Å². The van der Waals surface area contributed by atoms with Gasteiger partial charge in [-0.25, -0.2) is 4.98 Å². The molecule has 0 bridgehead atoms. The van der Waals surface area contributed by atoms with Crippen LogP contribution in [0.1, 0.15) is 30.2 Å². The molecule has 1 N–H and O–H groups in total. The predicted octanol–water partition coefficient (Wildman–Crippen LogP) is 2.95. The van der Waals surface area contributed by atoms with Crippen molar-refractivity contribution in [1.82, 2.24) is 14.9 Å². The number of imidazole rings is 1. The first-order valence-corrected chi connectivity index (χ1v) is 8.38. The van der Waals surface area contributed by atoms with E-state index in [1.54, 1.807) is 7.11 Å². The zero-order valence-electron chi connectivity index (χ0n) is 14.3. The largest absolute Gasteiger partial charge is 0.496 e. The van der Waals surface area contributed by atoms with E-state index >= 15 is 0 Å². The van der Waals surface area contributed by atoms with Crippen molar-refractivity contribution in [2.24, 2.45) is 7.05 Å². The fourth-order valence-corrected chi connectivity index (χ4v) is 3.09. The van der Waals surface area contributed by atoms with Crippen LogP contribution in [-0.4, -0.2) is 35.9 Å². The molecule has 2 unspecified atom stereocenters. The summed E-state index contributed by atoms with van der Waals surface area (Å²) < 4.78 is 13.3. The zero-order valence-corrected chi connectivity index (χ0v) is 14.3. The summed E-state index contributed by atoms with van der Waals surface area (Å²) >= 11 is 0. The maximum absolute atomic E-state index is 5.90. The Morgan fingerprint density at radius 2 is 2.29 bits per heavy atom. The second-order valence-electron chi connectivity index (χ2n) is 6.06. The van der Waals surface area contributed by atoms with E-state index in [2.05, 4.69) is 28.5 Å². The summed E-state index contributed by atoms with van der Waals surface area (Å²) in [7, 11) is 3.71. The van der Waals surface area contributed by atoms with Crippen LogP contribution in [0.4, 0.5) is 0 Å². The Morgan fingerprint density at radius 3 is 3.08 bits per heavy atom. The summed E-state index contributed by atoms with van der Waals surface area (Å²) in [5.74, 6) is 0.899. The maximum atomic E-state index is 5.90. The normalized spacial score (nSPS) is 21.2. The van der Waals surface area contributed by atoms with E-state index < -0.39 is 0 Å². The van der Waals surface area contributed by atoms with E-state index in [1.165, 1.54) is 0 Å². The van der Waals surface area contributed by atoms with Gasteiger partial charge >= 0.3 is 0 Å². The SMILES string of the molecule is COc1ccccc1C=CCNC1CCOC(c2cncn2C)C1. The van der Waals surface area contributed by atoms with Crippen LogP contribution < -0.4 is 10.1 Å². The number of hydrogen-bond acceptors (Lipinski definition) is 4. The molecule has 1 aliphatic rings. The van der Waals surface area contributed by atoms with E-state index in [9.17, 15) is 0 Å². The lowest BCUT2D eigenvalue weighted by Gasteiger charge is -2.30. The number of nitrogens with one attached hydrogen (secondary N) is 1. The van der Waals surface area contributed by atoms with Crippen LogP contribution in [0, 0.1) is 0 Å². The Bertz CT molecular complexity index is 681. The van der Waals surface area contributed by atoms with Crippen LogP contribution in [0.15, 0.2) is 42.9 Å². The molecule has 128 valence electrons. The molecule has 0 aliphatic carbocycles. The van der Waals surface area contributed by atoms with Crippen LogP contribution in [0.2, 0.25) is 0 Å². The number of para-hydroxylation sites is 1. The Kier molecular flexibility index (Phi) is 5.67. The first-order chi connectivity index (χ1) is 11.8. The van der Waals surface area contributed by atoms with Gasteiger partial charge in [0, 0.05) is 31.8 Å². The van der Waals surface area contributed by atoms with Crippen molar-refractivity contribution in [2.45, 2.75) is 25.0 Å². The monoisotopic (exact) mass is 327 g/mol. The molecule has 1 saturated heterocycles. The highest BCUT2D eigenvalue weighted by atomic mass is 16.5. The first kappa shape index (κ1) is 16.7. The van der Waals surface area contributed by atoms with Gasteiger partial charge in [-0.05, 0) is 18.9 Å². The van der Waals surface area contributed by atoms with E-state index in [1.807, 2.05) is 42.3 Å². The number of ether oxygens (including phenoxy) is 2. The summed E-state index contributed by atoms with van der Waals surface area (Å²) in [5, 5.41) is 3.60. The molecule has 5 nitrogen and oxygen atoms in total. The van der Waals surface area contributed by atoms with Crippen molar-refractivity contribution < 1.29 is 9.47 Å². The molecular weight excluding hydrogens is 302 g/mol. The summed E-state index contributed by atoms with van der Waals surface area (Å²) in [6.45, 7) is 1.62. The summed E-state index contributed by atoms with van der Waals surface area (Å²) in [6.07, 6.45) is 10.1. The van der Waals surface area contributed by atoms with Gasteiger partial charge in [0.05, 0.1) is 25.3 Å².